The Balaban J connectivity index is 3.37. The lowest BCUT2D eigenvalue weighted by atomic mass is 10.3. The first kappa shape index (κ1) is 19.0. The molecule has 0 atom stereocenters. The predicted molar refractivity (Wildman–Crippen MR) is 82.3 cm³/mol. The summed E-state index contributed by atoms with van der Waals surface area (Å²) in [5.74, 6) is -1.71. The van der Waals surface area contributed by atoms with Crippen molar-refractivity contribution in [2.45, 2.75) is 31.6 Å². The number of hydrogen-bond donors (Lipinski definition) is 0. The molecule has 8 nitrogen and oxygen atoms in total. The summed E-state index contributed by atoms with van der Waals surface area (Å²) in [6.07, 6.45) is 0.974. The van der Waals surface area contributed by atoms with Crippen molar-refractivity contribution in [1.29, 1.82) is 0 Å². The monoisotopic (exact) mass is 360 g/mol. The van der Waals surface area contributed by atoms with Gasteiger partial charge in [-0.1, -0.05) is 25.5 Å². The normalized spacial score (nSPS) is 11.6. The third-order valence-electron chi connectivity index (χ3n) is 2.75. The van der Waals surface area contributed by atoms with Crippen LogP contribution in [0.1, 0.15) is 26.7 Å². The first-order valence-corrected chi connectivity index (χ1v) is 9.71. The lowest BCUT2D eigenvalue weighted by molar-refractivity contribution is -0.114. The molecule has 0 saturated carbocycles. The molecule has 0 N–H and O–H groups in total. The van der Waals surface area contributed by atoms with Gasteiger partial charge in [-0.3, -0.25) is 4.79 Å². The first-order valence-electron chi connectivity index (χ1n) is 6.65. The van der Waals surface area contributed by atoms with Crippen LogP contribution >= 0.6 is 0 Å². The average Bonchev–Trinajstić information content (AvgIpc) is 2.45. The van der Waals surface area contributed by atoms with Crippen molar-refractivity contribution in [3.63, 3.8) is 0 Å². The van der Waals surface area contributed by atoms with Crippen molar-refractivity contribution in [3.05, 3.63) is 29.8 Å². The van der Waals surface area contributed by atoms with Crippen molar-refractivity contribution in [2.24, 2.45) is 0 Å². The zero-order chi connectivity index (χ0) is 17.7. The summed E-state index contributed by atoms with van der Waals surface area (Å²) in [5, 5.41) is -1.10. The number of nitrogens with zero attached hydrogens (tertiary/aromatic N) is 2. The number of hydrogen-bond acceptors (Lipinski definition) is 6. The molecule has 0 amide bonds. The van der Waals surface area contributed by atoms with Gasteiger partial charge in [0.25, 0.3) is 15.6 Å². The topological polar surface area (TPSA) is 131 Å². The minimum absolute atomic E-state index is 0.272. The molecule has 0 aromatic heterocycles. The van der Waals surface area contributed by atoms with E-state index in [2.05, 4.69) is 4.79 Å². The van der Waals surface area contributed by atoms with E-state index in [1.54, 1.807) is 6.92 Å². The van der Waals surface area contributed by atoms with Crippen LogP contribution in [0.25, 0.3) is 5.53 Å². The average molecular weight is 360 g/mol. The van der Waals surface area contributed by atoms with E-state index in [9.17, 15) is 21.6 Å². The molecule has 0 heterocycles. The number of carbonyl (C=O) groups excluding carboxylic acids is 1. The zero-order valence-electron chi connectivity index (χ0n) is 12.6. The van der Waals surface area contributed by atoms with E-state index < -0.39 is 41.4 Å². The molecule has 0 fully saturated rings. The van der Waals surface area contributed by atoms with Gasteiger partial charge in [0.2, 0.25) is 0 Å². The van der Waals surface area contributed by atoms with Gasteiger partial charge in [0.05, 0.1) is 5.75 Å². The maximum Gasteiger partial charge on any atom is 0.451 e. The Hall–Kier alpha value is -2.03. The number of unbranched alkanes of at least 4 members (excludes halogenated alkanes) is 1. The van der Waals surface area contributed by atoms with Crippen LogP contribution in [0.2, 0.25) is 0 Å². The molecule has 1 aromatic carbocycles. The van der Waals surface area contributed by atoms with Gasteiger partial charge in [0.15, 0.2) is 5.75 Å². The number of Topliss-reactive ketones (excluding diaryl/α,β-unsaturated/α-hetero) is 1. The van der Waals surface area contributed by atoms with Gasteiger partial charge in [-0.15, -0.1) is 4.79 Å². The fourth-order valence-corrected chi connectivity index (χ4v) is 4.18. The van der Waals surface area contributed by atoms with E-state index in [1.165, 1.54) is 12.1 Å². The zero-order valence-corrected chi connectivity index (χ0v) is 14.2. The maximum atomic E-state index is 12.3. The van der Waals surface area contributed by atoms with E-state index in [0.29, 0.717) is 12.8 Å². The molecule has 0 aliphatic rings. The summed E-state index contributed by atoms with van der Waals surface area (Å²) >= 11 is 0. The summed E-state index contributed by atoms with van der Waals surface area (Å²) in [5.41, 5.74) is 8.76. The van der Waals surface area contributed by atoms with E-state index in [-0.39, 0.29) is 5.75 Å². The minimum Gasteiger partial charge on any atom is -0.381 e. The molecule has 1 rings (SSSR count). The van der Waals surface area contributed by atoms with E-state index in [1.807, 2.05) is 0 Å². The number of rotatable bonds is 7. The fraction of sp³-hybridized carbons (Fsp3) is 0.385. The highest BCUT2D eigenvalue weighted by Gasteiger charge is 2.37. The molecule has 1 aromatic rings. The summed E-state index contributed by atoms with van der Waals surface area (Å²) in [6, 6.07) is 4.92. The minimum atomic E-state index is -4.51. The van der Waals surface area contributed by atoms with Crippen molar-refractivity contribution in [2.75, 3.05) is 5.75 Å². The molecule has 23 heavy (non-hydrogen) atoms. The van der Waals surface area contributed by atoms with Crippen LogP contribution in [-0.4, -0.2) is 38.2 Å². The predicted octanol–water partition coefficient (Wildman–Crippen LogP) is 1.19. The first-order chi connectivity index (χ1) is 10.7. The molecule has 0 spiro atoms. The Morgan fingerprint density at radius 2 is 1.83 bits per heavy atom. The van der Waals surface area contributed by atoms with Crippen LogP contribution in [-0.2, 0) is 24.7 Å². The number of benzene rings is 1. The van der Waals surface area contributed by atoms with Crippen LogP contribution in [0.5, 0.6) is 5.75 Å². The van der Waals surface area contributed by atoms with Gasteiger partial charge in [0, 0.05) is 6.92 Å². The Kier molecular flexibility index (Phi) is 6.20. The highest BCUT2D eigenvalue weighted by Crippen LogP contribution is 2.26. The summed E-state index contributed by atoms with van der Waals surface area (Å²) < 4.78 is 53.2. The molecule has 126 valence electrons. The Morgan fingerprint density at radius 1 is 1.22 bits per heavy atom. The molecule has 0 saturated heterocycles. The molecule has 10 heteroatoms. The molecule has 0 bridgehead atoms. The van der Waals surface area contributed by atoms with Crippen LogP contribution in [0.3, 0.4) is 0 Å². The van der Waals surface area contributed by atoms with E-state index in [0.717, 1.165) is 19.1 Å². The van der Waals surface area contributed by atoms with Crippen molar-refractivity contribution >= 4 is 30.8 Å². The van der Waals surface area contributed by atoms with Gasteiger partial charge in [-0.05, 0) is 18.6 Å². The highest BCUT2D eigenvalue weighted by atomic mass is 32.2. The van der Waals surface area contributed by atoms with Gasteiger partial charge in [-0.2, -0.15) is 8.42 Å². The molecule has 0 radical (unpaired) electrons. The second-order valence-electron chi connectivity index (χ2n) is 4.61. The fourth-order valence-electron chi connectivity index (χ4n) is 1.66. The second-order valence-corrected chi connectivity index (χ2v) is 8.13. The third kappa shape index (κ3) is 4.72. The van der Waals surface area contributed by atoms with Crippen LogP contribution in [0, 0.1) is 0 Å². The number of carbonyl (C=O) groups is 1. The largest absolute Gasteiger partial charge is 0.451 e. The lowest BCUT2D eigenvalue weighted by Gasteiger charge is -2.09. The molecule has 0 aliphatic carbocycles. The second kappa shape index (κ2) is 7.49. The maximum absolute atomic E-state index is 12.3. The van der Waals surface area contributed by atoms with Gasteiger partial charge in [0.1, 0.15) is 4.90 Å². The summed E-state index contributed by atoms with van der Waals surface area (Å²) in [7, 11) is -8.50. The van der Waals surface area contributed by atoms with Crippen molar-refractivity contribution < 1.29 is 30.6 Å². The number of ketones is 1. The van der Waals surface area contributed by atoms with E-state index >= 15 is 0 Å². The van der Waals surface area contributed by atoms with E-state index in [4.69, 9.17) is 9.71 Å². The molecular weight excluding hydrogens is 344 g/mol. The Bertz CT molecular complexity index is 852. The third-order valence-corrected chi connectivity index (χ3v) is 5.77. The van der Waals surface area contributed by atoms with Gasteiger partial charge in [-0.25, -0.2) is 8.42 Å². The van der Waals surface area contributed by atoms with Gasteiger partial charge >= 0.3 is 15.2 Å². The highest BCUT2D eigenvalue weighted by molar-refractivity contribution is 8.08. The summed E-state index contributed by atoms with van der Waals surface area (Å²) in [4.78, 5) is 13.2. The van der Waals surface area contributed by atoms with Crippen LogP contribution < -0.4 is 4.18 Å². The quantitative estimate of drug-likeness (QED) is 0.236. The number of para-hydroxylation sites is 1. The molecule has 0 aliphatic heterocycles. The van der Waals surface area contributed by atoms with Crippen molar-refractivity contribution in [3.8, 4) is 5.75 Å². The van der Waals surface area contributed by atoms with Crippen LogP contribution in [0.4, 0.5) is 0 Å². The molecular formula is C13H16N2O6S2. The Morgan fingerprint density at radius 3 is 2.35 bits per heavy atom. The standard InChI is InChI=1S/C13H16N2O6S2/c1-3-4-9-22(17,18)21-11-7-5-6-8-12(11)23(19,20)13(15-14)10(2)16/h5-8H,3-4,9H2,1-2H3. The molecule has 0 unspecified atom stereocenters. The number of sulfone groups is 1. The summed E-state index contributed by atoms with van der Waals surface area (Å²) in [6.45, 7) is 2.71. The lowest BCUT2D eigenvalue weighted by Crippen LogP contribution is -2.24. The smallest absolute Gasteiger partial charge is 0.381 e. The SMILES string of the molecule is CCCCS(=O)(=O)Oc1ccccc1S(=O)(=O)C(=[N+]=[N-])C(C)=O. The van der Waals surface area contributed by atoms with Crippen molar-refractivity contribution in [1.82, 2.24) is 0 Å². The van der Waals surface area contributed by atoms with Gasteiger partial charge < -0.3 is 9.71 Å². The van der Waals surface area contributed by atoms with Crippen LogP contribution in [0.15, 0.2) is 29.2 Å². The Labute approximate surface area is 134 Å².